The number of hydrogen-bond donors (Lipinski definition) is 1. The molecule has 0 spiro atoms. The average molecular weight is 376 g/mol. The number of amides is 3. The molecular formula is C23H24N2O3. The van der Waals surface area contributed by atoms with Gasteiger partial charge in [0.25, 0.3) is 11.8 Å². The molecule has 2 aromatic carbocycles. The standard InChI is InChI=1S/C23H24N2O3/c26-20(24-14-12-16-6-2-1-3-7-16)13-15-25-22(27)18-10-4-8-17-9-5-11-19(21(17)18)23(25)28/h4-6,8-11H,1-3,7,12-15H2,(H,24,26). The number of nitrogens with one attached hydrogen (secondary N) is 1. The highest BCUT2D eigenvalue weighted by atomic mass is 16.2. The Labute approximate surface area is 164 Å². The van der Waals surface area contributed by atoms with Gasteiger partial charge < -0.3 is 5.32 Å². The van der Waals surface area contributed by atoms with Gasteiger partial charge in [0.15, 0.2) is 0 Å². The van der Waals surface area contributed by atoms with Gasteiger partial charge in [0.05, 0.1) is 0 Å². The molecule has 28 heavy (non-hydrogen) atoms. The summed E-state index contributed by atoms with van der Waals surface area (Å²) in [6, 6.07) is 10.9. The van der Waals surface area contributed by atoms with Gasteiger partial charge in [-0.05, 0) is 49.6 Å². The second-order valence-corrected chi connectivity index (χ2v) is 7.43. The van der Waals surface area contributed by atoms with E-state index in [-0.39, 0.29) is 30.7 Å². The first-order valence-electron chi connectivity index (χ1n) is 9.97. The number of carbonyl (C=O) groups excluding carboxylic acids is 3. The van der Waals surface area contributed by atoms with Crippen LogP contribution in [0.4, 0.5) is 0 Å². The van der Waals surface area contributed by atoms with Gasteiger partial charge in [-0.3, -0.25) is 19.3 Å². The Morgan fingerprint density at radius 3 is 2.36 bits per heavy atom. The Morgan fingerprint density at radius 1 is 1.00 bits per heavy atom. The molecule has 0 fully saturated rings. The first kappa shape index (κ1) is 18.4. The smallest absolute Gasteiger partial charge is 0.261 e. The Hall–Kier alpha value is -2.95. The zero-order chi connectivity index (χ0) is 19.5. The van der Waals surface area contributed by atoms with E-state index in [1.54, 1.807) is 12.1 Å². The predicted molar refractivity (Wildman–Crippen MR) is 108 cm³/mol. The average Bonchev–Trinajstić information content (AvgIpc) is 2.72. The molecule has 0 unspecified atom stereocenters. The third-order valence-electron chi connectivity index (χ3n) is 5.57. The van der Waals surface area contributed by atoms with E-state index in [2.05, 4.69) is 11.4 Å². The Bertz CT molecular complexity index is 926. The molecular weight excluding hydrogens is 352 g/mol. The van der Waals surface area contributed by atoms with Gasteiger partial charge in [-0.25, -0.2) is 0 Å². The molecule has 1 aliphatic heterocycles. The van der Waals surface area contributed by atoms with Crippen molar-refractivity contribution in [2.45, 2.75) is 38.5 Å². The lowest BCUT2D eigenvalue weighted by atomic mass is 9.94. The van der Waals surface area contributed by atoms with E-state index >= 15 is 0 Å². The Balaban J connectivity index is 1.37. The maximum Gasteiger partial charge on any atom is 0.261 e. The van der Waals surface area contributed by atoms with Crippen molar-refractivity contribution in [1.82, 2.24) is 10.2 Å². The van der Waals surface area contributed by atoms with Crippen LogP contribution < -0.4 is 5.32 Å². The van der Waals surface area contributed by atoms with Gasteiger partial charge in [-0.15, -0.1) is 0 Å². The van der Waals surface area contributed by atoms with Crippen molar-refractivity contribution in [3.63, 3.8) is 0 Å². The molecule has 0 radical (unpaired) electrons. The Kier molecular flexibility index (Phi) is 5.24. The molecule has 2 aliphatic rings. The first-order chi connectivity index (χ1) is 13.6. The van der Waals surface area contributed by atoms with E-state index in [1.807, 2.05) is 24.3 Å². The summed E-state index contributed by atoms with van der Waals surface area (Å²) in [5.41, 5.74) is 2.47. The molecule has 1 N–H and O–H groups in total. The van der Waals surface area contributed by atoms with Crippen molar-refractivity contribution in [3.05, 3.63) is 59.2 Å². The SMILES string of the molecule is O=C(CCN1C(=O)c2cccc3cccc(c23)C1=O)NCCC1=CCCCC1. The summed E-state index contributed by atoms with van der Waals surface area (Å²) in [6.07, 6.45) is 8.02. The maximum atomic E-state index is 12.8. The van der Waals surface area contributed by atoms with Crippen molar-refractivity contribution < 1.29 is 14.4 Å². The molecule has 0 saturated carbocycles. The van der Waals surface area contributed by atoms with Gasteiger partial charge in [-0.2, -0.15) is 0 Å². The van der Waals surface area contributed by atoms with Crippen LogP contribution in [0.25, 0.3) is 10.8 Å². The van der Waals surface area contributed by atoms with E-state index in [4.69, 9.17) is 0 Å². The summed E-state index contributed by atoms with van der Waals surface area (Å²) < 4.78 is 0. The van der Waals surface area contributed by atoms with Crippen molar-refractivity contribution in [3.8, 4) is 0 Å². The molecule has 0 aromatic heterocycles. The first-order valence-corrected chi connectivity index (χ1v) is 9.97. The normalized spacial score (nSPS) is 16.3. The minimum atomic E-state index is -0.325. The van der Waals surface area contributed by atoms with Crippen LogP contribution in [0.15, 0.2) is 48.0 Å². The van der Waals surface area contributed by atoms with Crippen molar-refractivity contribution >= 4 is 28.5 Å². The lowest BCUT2D eigenvalue weighted by molar-refractivity contribution is -0.121. The lowest BCUT2D eigenvalue weighted by Gasteiger charge is -2.27. The van der Waals surface area contributed by atoms with Crippen LogP contribution in [0, 0.1) is 0 Å². The minimum Gasteiger partial charge on any atom is -0.356 e. The number of allylic oxidation sites excluding steroid dienone is 1. The highest BCUT2D eigenvalue weighted by molar-refractivity contribution is 6.25. The summed E-state index contributed by atoms with van der Waals surface area (Å²) in [6.45, 7) is 0.700. The fourth-order valence-corrected chi connectivity index (χ4v) is 4.08. The molecule has 1 aliphatic carbocycles. The maximum absolute atomic E-state index is 12.8. The molecule has 3 amide bonds. The summed E-state index contributed by atoms with van der Waals surface area (Å²) >= 11 is 0. The molecule has 2 aromatic rings. The monoisotopic (exact) mass is 376 g/mol. The van der Waals surface area contributed by atoms with Gasteiger partial charge in [0.2, 0.25) is 5.91 Å². The van der Waals surface area contributed by atoms with Gasteiger partial charge in [0.1, 0.15) is 0 Å². The second-order valence-electron chi connectivity index (χ2n) is 7.43. The van der Waals surface area contributed by atoms with Crippen LogP contribution in [-0.4, -0.2) is 35.7 Å². The molecule has 4 rings (SSSR count). The zero-order valence-electron chi connectivity index (χ0n) is 15.9. The summed E-state index contributed by atoms with van der Waals surface area (Å²) in [5.74, 6) is -0.780. The molecule has 144 valence electrons. The largest absolute Gasteiger partial charge is 0.356 e. The fraction of sp³-hybridized carbons (Fsp3) is 0.348. The fourth-order valence-electron chi connectivity index (χ4n) is 4.08. The van der Waals surface area contributed by atoms with Crippen LogP contribution in [0.1, 0.15) is 59.2 Å². The van der Waals surface area contributed by atoms with Crippen LogP contribution in [0.3, 0.4) is 0 Å². The number of imide groups is 1. The number of hydrogen-bond acceptors (Lipinski definition) is 3. The summed E-state index contributed by atoms with van der Waals surface area (Å²) in [5, 5.41) is 4.50. The number of nitrogens with zero attached hydrogens (tertiary/aromatic N) is 1. The minimum absolute atomic E-state index is 0.0942. The molecule has 5 nitrogen and oxygen atoms in total. The van der Waals surface area contributed by atoms with E-state index in [0.717, 1.165) is 24.6 Å². The molecule has 0 saturated heterocycles. The lowest BCUT2D eigenvalue weighted by Crippen LogP contribution is -2.42. The van der Waals surface area contributed by atoms with E-state index in [1.165, 1.54) is 23.3 Å². The second kappa shape index (κ2) is 7.97. The van der Waals surface area contributed by atoms with Crippen molar-refractivity contribution in [2.24, 2.45) is 0 Å². The van der Waals surface area contributed by atoms with Gasteiger partial charge >= 0.3 is 0 Å². The third-order valence-corrected chi connectivity index (χ3v) is 5.57. The molecule has 5 heteroatoms. The Morgan fingerprint density at radius 2 is 1.71 bits per heavy atom. The molecule has 1 heterocycles. The third kappa shape index (κ3) is 3.57. The predicted octanol–water partition coefficient (Wildman–Crippen LogP) is 3.83. The summed E-state index contributed by atoms with van der Waals surface area (Å²) in [7, 11) is 0. The van der Waals surface area contributed by atoms with E-state index in [9.17, 15) is 14.4 Å². The van der Waals surface area contributed by atoms with Crippen LogP contribution >= 0.6 is 0 Å². The zero-order valence-corrected chi connectivity index (χ0v) is 15.9. The summed E-state index contributed by atoms with van der Waals surface area (Å²) in [4.78, 5) is 39.0. The number of carbonyl (C=O) groups is 3. The van der Waals surface area contributed by atoms with Crippen LogP contribution in [0.2, 0.25) is 0 Å². The van der Waals surface area contributed by atoms with Crippen LogP contribution in [-0.2, 0) is 4.79 Å². The van der Waals surface area contributed by atoms with Crippen molar-refractivity contribution in [1.29, 1.82) is 0 Å². The number of benzene rings is 2. The molecule has 0 atom stereocenters. The van der Waals surface area contributed by atoms with Gasteiger partial charge in [-0.1, -0.05) is 35.9 Å². The number of rotatable bonds is 6. The van der Waals surface area contributed by atoms with Crippen LogP contribution in [0.5, 0.6) is 0 Å². The van der Waals surface area contributed by atoms with E-state index < -0.39 is 0 Å². The van der Waals surface area contributed by atoms with Crippen molar-refractivity contribution in [2.75, 3.05) is 13.1 Å². The molecule has 0 bridgehead atoms. The van der Waals surface area contributed by atoms with E-state index in [0.29, 0.717) is 23.1 Å². The van der Waals surface area contributed by atoms with Gasteiger partial charge in [0, 0.05) is 36.0 Å². The highest BCUT2D eigenvalue weighted by Crippen LogP contribution is 2.29. The topological polar surface area (TPSA) is 66.5 Å². The highest BCUT2D eigenvalue weighted by Gasteiger charge is 2.32. The quantitative estimate of drug-likeness (QED) is 0.615.